The maximum Gasteiger partial charge on any atom is 0.317 e. The van der Waals surface area contributed by atoms with E-state index < -0.39 is 5.97 Å². The van der Waals surface area contributed by atoms with Crippen molar-refractivity contribution in [3.8, 4) is 0 Å². The fourth-order valence-electron chi connectivity index (χ4n) is 3.05. The third-order valence-electron chi connectivity index (χ3n) is 4.27. The molecule has 1 aliphatic rings. The molecule has 112 valence electrons. The summed E-state index contributed by atoms with van der Waals surface area (Å²) >= 11 is 0. The predicted molar refractivity (Wildman–Crippen MR) is 78.5 cm³/mol. The van der Waals surface area contributed by atoms with Crippen molar-refractivity contribution in [3.05, 3.63) is 0 Å². The van der Waals surface area contributed by atoms with Crippen LogP contribution in [-0.2, 0) is 4.79 Å². The lowest BCUT2D eigenvalue weighted by molar-refractivity contribution is -0.139. The maximum atomic E-state index is 11.1. The molecule has 0 aliphatic carbocycles. The zero-order valence-corrected chi connectivity index (χ0v) is 12.8. The SMILES string of the molecule is CCCN1CCCC(N(CC(=O)O)C(C)CC)CC1. The van der Waals surface area contributed by atoms with Gasteiger partial charge in [-0.1, -0.05) is 13.8 Å². The van der Waals surface area contributed by atoms with Gasteiger partial charge in [-0.25, -0.2) is 0 Å². The molecule has 4 heteroatoms. The van der Waals surface area contributed by atoms with Crippen LogP contribution in [0.4, 0.5) is 0 Å². The number of hydrogen-bond acceptors (Lipinski definition) is 3. The first-order valence-corrected chi connectivity index (χ1v) is 7.78. The predicted octanol–water partition coefficient (Wildman–Crippen LogP) is 2.44. The van der Waals surface area contributed by atoms with Crippen molar-refractivity contribution in [1.29, 1.82) is 0 Å². The van der Waals surface area contributed by atoms with E-state index in [1.54, 1.807) is 0 Å². The fraction of sp³-hybridized carbons (Fsp3) is 0.933. The molecule has 0 aromatic carbocycles. The number of carboxylic acid groups (broad SMARTS) is 1. The molecule has 1 rings (SSSR count). The third kappa shape index (κ3) is 5.49. The standard InChI is InChI=1S/C15H30N2O2/c1-4-9-16-10-6-7-14(8-11-16)17(12-15(18)19)13(3)5-2/h13-14H,4-12H2,1-3H3,(H,18,19). The van der Waals surface area contributed by atoms with Gasteiger partial charge in [0.1, 0.15) is 0 Å². The molecule has 0 saturated carbocycles. The van der Waals surface area contributed by atoms with Crippen molar-refractivity contribution in [2.24, 2.45) is 0 Å². The lowest BCUT2D eigenvalue weighted by Crippen LogP contribution is -2.45. The van der Waals surface area contributed by atoms with Crippen molar-refractivity contribution in [3.63, 3.8) is 0 Å². The second-order valence-corrected chi connectivity index (χ2v) is 5.75. The average Bonchev–Trinajstić information content (AvgIpc) is 2.61. The number of carbonyl (C=O) groups is 1. The molecule has 19 heavy (non-hydrogen) atoms. The van der Waals surface area contributed by atoms with E-state index in [1.165, 1.54) is 25.9 Å². The van der Waals surface area contributed by atoms with E-state index in [-0.39, 0.29) is 6.54 Å². The summed E-state index contributed by atoms with van der Waals surface area (Å²) in [6.07, 6.45) is 5.66. The van der Waals surface area contributed by atoms with E-state index in [4.69, 9.17) is 5.11 Å². The fourth-order valence-corrected chi connectivity index (χ4v) is 3.05. The van der Waals surface area contributed by atoms with Crippen LogP contribution in [0, 0.1) is 0 Å². The third-order valence-corrected chi connectivity index (χ3v) is 4.27. The summed E-state index contributed by atoms with van der Waals surface area (Å²) in [6, 6.07) is 0.798. The Bertz CT molecular complexity index is 271. The van der Waals surface area contributed by atoms with Gasteiger partial charge < -0.3 is 10.0 Å². The highest BCUT2D eigenvalue weighted by molar-refractivity contribution is 5.69. The Morgan fingerprint density at radius 1 is 1.37 bits per heavy atom. The molecule has 0 spiro atoms. The van der Waals surface area contributed by atoms with Crippen LogP contribution in [0.25, 0.3) is 0 Å². The average molecular weight is 270 g/mol. The van der Waals surface area contributed by atoms with E-state index in [2.05, 4.69) is 30.6 Å². The molecule has 2 unspecified atom stereocenters. The number of rotatable bonds is 7. The molecule has 4 nitrogen and oxygen atoms in total. The van der Waals surface area contributed by atoms with Gasteiger partial charge in [0, 0.05) is 12.1 Å². The zero-order valence-electron chi connectivity index (χ0n) is 12.8. The highest BCUT2D eigenvalue weighted by Gasteiger charge is 2.26. The summed E-state index contributed by atoms with van der Waals surface area (Å²) in [6.45, 7) is 10.2. The smallest absolute Gasteiger partial charge is 0.317 e. The minimum atomic E-state index is -0.699. The van der Waals surface area contributed by atoms with E-state index in [0.717, 1.165) is 25.8 Å². The van der Waals surface area contributed by atoms with Gasteiger partial charge in [-0.3, -0.25) is 9.69 Å². The van der Waals surface area contributed by atoms with Crippen molar-refractivity contribution in [2.45, 2.75) is 65.0 Å². The summed E-state index contributed by atoms with van der Waals surface area (Å²) in [7, 11) is 0. The molecule has 1 fully saturated rings. The highest BCUT2D eigenvalue weighted by Crippen LogP contribution is 2.20. The molecule has 1 saturated heterocycles. The van der Waals surface area contributed by atoms with Crippen LogP contribution in [0.15, 0.2) is 0 Å². The van der Waals surface area contributed by atoms with Gasteiger partial charge >= 0.3 is 5.97 Å². The molecule has 0 radical (unpaired) electrons. The van der Waals surface area contributed by atoms with Crippen LogP contribution in [0.5, 0.6) is 0 Å². The molecule has 1 aliphatic heterocycles. The number of likely N-dealkylation sites (tertiary alicyclic amines) is 1. The molecular weight excluding hydrogens is 240 g/mol. The largest absolute Gasteiger partial charge is 0.480 e. The Hall–Kier alpha value is -0.610. The number of nitrogens with zero attached hydrogens (tertiary/aromatic N) is 2. The number of carboxylic acids is 1. The first-order chi connectivity index (χ1) is 9.08. The van der Waals surface area contributed by atoms with Gasteiger partial charge in [0.25, 0.3) is 0 Å². The Labute approximate surface area is 117 Å². The van der Waals surface area contributed by atoms with Gasteiger partial charge in [0.2, 0.25) is 0 Å². The van der Waals surface area contributed by atoms with Gasteiger partial charge in [-0.05, 0) is 58.7 Å². The number of aliphatic carboxylic acids is 1. The Kier molecular flexibility index (Phi) is 7.39. The molecule has 0 aromatic heterocycles. The monoisotopic (exact) mass is 270 g/mol. The van der Waals surface area contributed by atoms with Crippen LogP contribution >= 0.6 is 0 Å². The lowest BCUT2D eigenvalue weighted by atomic mass is 10.0. The maximum absolute atomic E-state index is 11.1. The van der Waals surface area contributed by atoms with Gasteiger partial charge in [0.15, 0.2) is 0 Å². The summed E-state index contributed by atoms with van der Waals surface area (Å²) in [5, 5.41) is 9.11. The van der Waals surface area contributed by atoms with Crippen LogP contribution in [0.3, 0.4) is 0 Å². The quantitative estimate of drug-likeness (QED) is 0.771. The molecule has 2 atom stereocenters. The zero-order chi connectivity index (χ0) is 14.3. The highest BCUT2D eigenvalue weighted by atomic mass is 16.4. The van der Waals surface area contributed by atoms with Crippen LogP contribution in [0.2, 0.25) is 0 Å². The summed E-state index contributed by atoms with van der Waals surface area (Å²) < 4.78 is 0. The van der Waals surface area contributed by atoms with E-state index in [0.29, 0.717) is 12.1 Å². The minimum absolute atomic E-state index is 0.188. The van der Waals surface area contributed by atoms with Crippen molar-refractivity contribution in [2.75, 3.05) is 26.2 Å². The molecule has 1 heterocycles. The minimum Gasteiger partial charge on any atom is -0.480 e. The van der Waals surface area contributed by atoms with Crippen LogP contribution in [0.1, 0.15) is 52.9 Å². The topological polar surface area (TPSA) is 43.8 Å². The second-order valence-electron chi connectivity index (χ2n) is 5.75. The van der Waals surface area contributed by atoms with Crippen molar-refractivity contribution >= 4 is 5.97 Å². The number of hydrogen-bond donors (Lipinski definition) is 1. The van der Waals surface area contributed by atoms with Gasteiger partial charge in [-0.15, -0.1) is 0 Å². The van der Waals surface area contributed by atoms with E-state index in [1.807, 2.05) is 0 Å². The Morgan fingerprint density at radius 3 is 2.68 bits per heavy atom. The van der Waals surface area contributed by atoms with Crippen molar-refractivity contribution < 1.29 is 9.90 Å². The molecule has 0 aromatic rings. The van der Waals surface area contributed by atoms with Crippen LogP contribution < -0.4 is 0 Å². The molecule has 0 amide bonds. The Balaban J connectivity index is 2.60. The summed E-state index contributed by atoms with van der Waals surface area (Å²) in [5.41, 5.74) is 0. The van der Waals surface area contributed by atoms with Crippen molar-refractivity contribution in [1.82, 2.24) is 9.80 Å². The van der Waals surface area contributed by atoms with E-state index >= 15 is 0 Å². The van der Waals surface area contributed by atoms with Gasteiger partial charge in [-0.2, -0.15) is 0 Å². The van der Waals surface area contributed by atoms with E-state index in [9.17, 15) is 4.79 Å². The van der Waals surface area contributed by atoms with Crippen LogP contribution in [-0.4, -0.2) is 59.1 Å². The lowest BCUT2D eigenvalue weighted by Gasteiger charge is -2.34. The normalized spacial score (nSPS) is 23.3. The van der Waals surface area contributed by atoms with Gasteiger partial charge in [0.05, 0.1) is 6.54 Å². The molecule has 1 N–H and O–H groups in total. The second kappa shape index (κ2) is 8.54. The molecule has 0 bridgehead atoms. The Morgan fingerprint density at radius 2 is 2.11 bits per heavy atom. The summed E-state index contributed by atoms with van der Waals surface area (Å²) in [4.78, 5) is 15.8. The first-order valence-electron chi connectivity index (χ1n) is 7.78. The first kappa shape index (κ1) is 16.4. The molecular formula is C15H30N2O2. The summed E-state index contributed by atoms with van der Waals surface area (Å²) in [5.74, 6) is -0.699.